The van der Waals surface area contributed by atoms with Gasteiger partial charge >= 0.3 is 0 Å². The summed E-state index contributed by atoms with van der Waals surface area (Å²) in [6.07, 6.45) is 3.19. The Morgan fingerprint density at radius 3 is 2.47 bits per heavy atom. The predicted molar refractivity (Wildman–Crippen MR) is 83.3 cm³/mol. The van der Waals surface area contributed by atoms with Crippen LogP contribution in [0.2, 0.25) is 0 Å². The molecule has 2 heteroatoms. The first-order chi connectivity index (χ1) is 9.29. The summed E-state index contributed by atoms with van der Waals surface area (Å²) in [5.41, 5.74) is 2.58. The Hall–Kier alpha value is -1.12. The number of aliphatic hydroxyl groups is 1. The fourth-order valence-electron chi connectivity index (χ4n) is 2.32. The van der Waals surface area contributed by atoms with Gasteiger partial charge in [-0.2, -0.15) is 0 Å². The van der Waals surface area contributed by atoms with Gasteiger partial charge in [-0.3, -0.25) is 0 Å². The summed E-state index contributed by atoms with van der Waals surface area (Å²) < 4.78 is 1.08. The van der Waals surface area contributed by atoms with E-state index in [4.69, 9.17) is 0 Å². The van der Waals surface area contributed by atoms with E-state index in [0.717, 1.165) is 23.7 Å². The summed E-state index contributed by atoms with van der Waals surface area (Å²) in [6, 6.07) is 18.8. The van der Waals surface area contributed by atoms with Gasteiger partial charge in [0.05, 0.1) is 0 Å². The number of rotatable bonds is 6. The van der Waals surface area contributed by atoms with Crippen LogP contribution >= 0.6 is 15.9 Å². The second-order valence-electron chi connectivity index (χ2n) is 4.81. The van der Waals surface area contributed by atoms with Crippen molar-refractivity contribution in [3.63, 3.8) is 0 Å². The number of hydrogen-bond donors (Lipinski definition) is 1. The third-order valence-corrected chi connectivity index (χ3v) is 3.89. The maximum atomic E-state index is 9.55. The van der Waals surface area contributed by atoms with Gasteiger partial charge in [-0.15, -0.1) is 0 Å². The lowest BCUT2D eigenvalue weighted by Gasteiger charge is -2.14. The smallest absolute Gasteiger partial charge is 0.0499 e. The van der Waals surface area contributed by atoms with Crippen LogP contribution in [-0.2, 0) is 6.42 Å². The topological polar surface area (TPSA) is 20.2 Å². The van der Waals surface area contributed by atoms with Gasteiger partial charge in [0.1, 0.15) is 0 Å². The Balaban J connectivity index is 1.89. The van der Waals surface area contributed by atoms with Gasteiger partial charge in [0, 0.05) is 17.0 Å². The minimum absolute atomic E-state index is 0.214. The molecule has 19 heavy (non-hydrogen) atoms. The van der Waals surface area contributed by atoms with Crippen LogP contribution in [0.25, 0.3) is 0 Å². The molecule has 1 unspecified atom stereocenters. The Labute approximate surface area is 123 Å². The molecule has 0 aliphatic rings. The average molecular weight is 319 g/mol. The van der Waals surface area contributed by atoms with Crippen molar-refractivity contribution in [2.75, 3.05) is 6.61 Å². The van der Waals surface area contributed by atoms with Crippen LogP contribution in [0.1, 0.15) is 29.9 Å². The molecule has 2 aromatic rings. The van der Waals surface area contributed by atoms with Crippen LogP contribution in [0, 0.1) is 0 Å². The molecule has 0 radical (unpaired) electrons. The maximum absolute atomic E-state index is 9.55. The van der Waals surface area contributed by atoms with Crippen LogP contribution in [0.5, 0.6) is 0 Å². The lowest BCUT2D eigenvalue weighted by molar-refractivity contribution is 0.257. The summed E-state index contributed by atoms with van der Waals surface area (Å²) in [6.45, 7) is 0.214. The van der Waals surface area contributed by atoms with Gasteiger partial charge < -0.3 is 5.11 Å². The number of aliphatic hydroxyl groups excluding tert-OH is 1. The normalized spacial score (nSPS) is 12.3. The van der Waals surface area contributed by atoms with Crippen LogP contribution in [0.15, 0.2) is 59.1 Å². The highest BCUT2D eigenvalue weighted by molar-refractivity contribution is 9.10. The fraction of sp³-hybridized carbons (Fsp3) is 0.294. The second kappa shape index (κ2) is 7.46. The highest BCUT2D eigenvalue weighted by Gasteiger charge is 2.10. The third kappa shape index (κ3) is 4.48. The molecule has 0 bridgehead atoms. The number of benzene rings is 2. The van der Waals surface area contributed by atoms with Gasteiger partial charge in [0.15, 0.2) is 0 Å². The average Bonchev–Trinajstić information content (AvgIpc) is 2.45. The second-order valence-corrected chi connectivity index (χ2v) is 5.73. The number of aryl methyl sites for hydroxylation is 1. The first-order valence-electron chi connectivity index (χ1n) is 6.70. The first-order valence-corrected chi connectivity index (χ1v) is 7.49. The summed E-state index contributed by atoms with van der Waals surface area (Å²) in [7, 11) is 0. The van der Waals surface area contributed by atoms with E-state index in [9.17, 15) is 5.11 Å². The van der Waals surface area contributed by atoms with E-state index in [1.165, 1.54) is 11.1 Å². The monoisotopic (exact) mass is 318 g/mol. The molecule has 2 aromatic carbocycles. The lowest BCUT2D eigenvalue weighted by Crippen LogP contribution is -2.04. The maximum Gasteiger partial charge on any atom is 0.0499 e. The zero-order chi connectivity index (χ0) is 13.5. The van der Waals surface area contributed by atoms with Crippen molar-refractivity contribution in [1.82, 2.24) is 0 Å². The van der Waals surface area contributed by atoms with E-state index < -0.39 is 0 Å². The Kier molecular flexibility index (Phi) is 5.62. The summed E-state index contributed by atoms with van der Waals surface area (Å²) >= 11 is 3.48. The van der Waals surface area contributed by atoms with Gasteiger partial charge in [-0.05, 0) is 42.5 Å². The molecule has 0 aliphatic heterocycles. The Bertz CT molecular complexity index is 496. The van der Waals surface area contributed by atoms with Crippen molar-refractivity contribution in [2.24, 2.45) is 0 Å². The number of hydrogen-bond acceptors (Lipinski definition) is 1. The minimum atomic E-state index is 0.214. The van der Waals surface area contributed by atoms with Gasteiger partial charge in [0.2, 0.25) is 0 Å². The summed E-state index contributed by atoms with van der Waals surface area (Å²) in [4.78, 5) is 0. The van der Waals surface area contributed by atoms with Crippen LogP contribution in [0.4, 0.5) is 0 Å². The van der Waals surface area contributed by atoms with Crippen molar-refractivity contribution >= 4 is 15.9 Å². The SMILES string of the molecule is OCC(CCCc1ccccc1)c1cccc(Br)c1. The van der Waals surface area contributed by atoms with Crippen molar-refractivity contribution in [1.29, 1.82) is 0 Å². The Morgan fingerprint density at radius 2 is 1.79 bits per heavy atom. The summed E-state index contributed by atoms with van der Waals surface area (Å²) in [5.74, 6) is 0.237. The fourth-order valence-corrected chi connectivity index (χ4v) is 2.74. The molecule has 1 atom stereocenters. The van der Waals surface area contributed by atoms with E-state index in [2.05, 4.69) is 52.3 Å². The van der Waals surface area contributed by atoms with E-state index in [0.29, 0.717) is 0 Å². The predicted octanol–water partition coefficient (Wildman–Crippen LogP) is 4.55. The first kappa shape index (κ1) is 14.3. The van der Waals surface area contributed by atoms with Gasteiger partial charge in [-0.1, -0.05) is 58.4 Å². The zero-order valence-electron chi connectivity index (χ0n) is 10.9. The molecule has 0 fully saturated rings. The van der Waals surface area contributed by atoms with E-state index >= 15 is 0 Å². The molecule has 1 nitrogen and oxygen atoms in total. The molecule has 100 valence electrons. The molecule has 0 spiro atoms. The van der Waals surface area contributed by atoms with Crippen molar-refractivity contribution in [2.45, 2.75) is 25.2 Å². The molecule has 0 aliphatic carbocycles. The molecule has 0 saturated carbocycles. The van der Waals surface area contributed by atoms with E-state index in [1.54, 1.807) is 0 Å². The van der Waals surface area contributed by atoms with Crippen molar-refractivity contribution < 1.29 is 5.11 Å². The molecule has 0 heterocycles. The largest absolute Gasteiger partial charge is 0.396 e. The summed E-state index contributed by atoms with van der Waals surface area (Å²) in [5, 5.41) is 9.55. The highest BCUT2D eigenvalue weighted by Crippen LogP contribution is 2.24. The van der Waals surface area contributed by atoms with Crippen LogP contribution in [0.3, 0.4) is 0 Å². The molecule has 2 rings (SSSR count). The Morgan fingerprint density at radius 1 is 1.00 bits per heavy atom. The standard InChI is InChI=1S/C17H19BrO/c18-17-11-5-9-15(12-17)16(13-19)10-4-8-14-6-2-1-3-7-14/h1-3,5-7,9,11-12,16,19H,4,8,10,13H2. The van der Waals surface area contributed by atoms with E-state index in [1.807, 2.05) is 18.2 Å². The van der Waals surface area contributed by atoms with Gasteiger partial charge in [0.25, 0.3) is 0 Å². The lowest BCUT2D eigenvalue weighted by atomic mass is 9.93. The van der Waals surface area contributed by atoms with Crippen LogP contribution < -0.4 is 0 Å². The van der Waals surface area contributed by atoms with Gasteiger partial charge in [-0.25, -0.2) is 0 Å². The van der Waals surface area contributed by atoms with Crippen molar-refractivity contribution in [3.05, 3.63) is 70.2 Å². The molecule has 1 N–H and O–H groups in total. The molecule has 0 amide bonds. The quantitative estimate of drug-likeness (QED) is 0.828. The minimum Gasteiger partial charge on any atom is -0.396 e. The third-order valence-electron chi connectivity index (χ3n) is 3.40. The number of halogens is 1. The van der Waals surface area contributed by atoms with Crippen molar-refractivity contribution in [3.8, 4) is 0 Å². The van der Waals surface area contributed by atoms with E-state index in [-0.39, 0.29) is 12.5 Å². The molecular formula is C17H19BrO. The molecule has 0 aromatic heterocycles. The molecule has 0 saturated heterocycles. The highest BCUT2D eigenvalue weighted by atomic mass is 79.9. The molecular weight excluding hydrogens is 300 g/mol. The zero-order valence-corrected chi connectivity index (χ0v) is 12.5. The van der Waals surface area contributed by atoms with Crippen LogP contribution in [-0.4, -0.2) is 11.7 Å².